The summed E-state index contributed by atoms with van der Waals surface area (Å²) in [6.07, 6.45) is 0. The molecule has 5 nitrogen and oxygen atoms in total. The average molecular weight is 551 g/mol. The highest BCUT2D eigenvalue weighted by atomic mass is 79.9. The molecule has 0 unspecified atom stereocenters. The normalized spacial score (nSPS) is 12.3. The molecule has 0 saturated heterocycles. The molecule has 0 atom stereocenters. The molecular formula is C20H22BrCl2N3O2S2. The molecule has 0 aliphatic rings. The molecule has 162 valence electrons. The van der Waals surface area contributed by atoms with E-state index in [0.717, 1.165) is 21.7 Å². The molecule has 30 heavy (non-hydrogen) atoms. The van der Waals surface area contributed by atoms with Crippen LogP contribution < -0.4 is 4.80 Å². The van der Waals surface area contributed by atoms with E-state index < -0.39 is 10.0 Å². The second-order valence-electron chi connectivity index (χ2n) is 6.29. The number of sulfonamides is 1. The van der Waals surface area contributed by atoms with Crippen LogP contribution in [0.15, 0.2) is 57.7 Å². The molecule has 0 saturated carbocycles. The number of aromatic nitrogens is 1. The van der Waals surface area contributed by atoms with Crippen molar-refractivity contribution >= 4 is 67.2 Å². The lowest BCUT2D eigenvalue weighted by Gasteiger charge is -2.19. The maximum Gasteiger partial charge on any atom is 0.244 e. The third-order valence-corrected chi connectivity index (χ3v) is 8.23. The van der Waals surface area contributed by atoms with Crippen LogP contribution in [0, 0.1) is 0 Å². The number of hydrogen-bond donors (Lipinski definition) is 0. The number of hydrogen-bond acceptors (Lipinski definition) is 4. The van der Waals surface area contributed by atoms with Crippen LogP contribution >= 0.6 is 51.5 Å². The molecule has 0 bridgehead atoms. The molecule has 0 amide bonds. The Bertz CT molecular complexity index is 1190. The number of benzene rings is 2. The van der Waals surface area contributed by atoms with E-state index >= 15 is 0 Å². The van der Waals surface area contributed by atoms with E-state index in [-0.39, 0.29) is 26.9 Å². The van der Waals surface area contributed by atoms with Crippen LogP contribution in [-0.2, 0) is 17.1 Å². The standard InChI is InChI=1S/C20H21Cl2N3O2S2.BrH/c1-4-25(5-2)29(26,27)19-12-14(6-11-17(19)22)18-13-28-20(24(18)3)23-16-9-7-15(21)8-10-16;/h6-13H,4-5H2,1-3H3;1H/b23-20+;. The zero-order valence-corrected chi connectivity index (χ0v) is 21.5. The number of rotatable bonds is 6. The first-order chi connectivity index (χ1) is 13.8. The lowest BCUT2D eigenvalue weighted by atomic mass is 10.2. The largest absolute Gasteiger partial charge is 0.320 e. The van der Waals surface area contributed by atoms with Gasteiger partial charge in [-0.15, -0.1) is 28.3 Å². The van der Waals surface area contributed by atoms with E-state index in [9.17, 15) is 8.42 Å². The van der Waals surface area contributed by atoms with Crippen LogP contribution in [0.5, 0.6) is 0 Å². The third-order valence-electron chi connectivity index (χ3n) is 4.53. The minimum absolute atomic E-state index is 0. The Morgan fingerprint density at radius 3 is 2.30 bits per heavy atom. The van der Waals surface area contributed by atoms with E-state index in [1.54, 1.807) is 24.3 Å². The Balaban J connectivity index is 0.00000320. The van der Waals surface area contributed by atoms with Gasteiger partial charge in [-0.05, 0) is 36.4 Å². The second-order valence-corrected chi connectivity index (χ2v) is 9.87. The van der Waals surface area contributed by atoms with Gasteiger partial charge < -0.3 is 4.57 Å². The Kier molecular flexibility index (Phi) is 8.73. The van der Waals surface area contributed by atoms with Crippen LogP contribution in [0.1, 0.15) is 13.8 Å². The molecule has 3 aromatic rings. The van der Waals surface area contributed by atoms with Gasteiger partial charge in [0.15, 0.2) is 4.80 Å². The van der Waals surface area contributed by atoms with Crippen LogP contribution in [-0.4, -0.2) is 30.4 Å². The monoisotopic (exact) mass is 549 g/mol. The van der Waals surface area contributed by atoms with E-state index in [1.807, 2.05) is 49.0 Å². The predicted molar refractivity (Wildman–Crippen MR) is 131 cm³/mol. The molecule has 0 aliphatic heterocycles. The highest BCUT2D eigenvalue weighted by molar-refractivity contribution is 8.93. The van der Waals surface area contributed by atoms with Gasteiger partial charge in [0.2, 0.25) is 10.0 Å². The maximum atomic E-state index is 13.0. The van der Waals surface area contributed by atoms with Gasteiger partial charge >= 0.3 is 0 Å². The van der Waals surface area contributed by atoms with Crippen molar-refractivity contribution in [3.63, 3.8) is 0 Å². The molecule has 3 rings (SSSR count). The number of halogens is 3. The van der Waals surface area contributed by atoms with Gasteiger partial charge in [-0.25, -0.2) is 13.4 Å². The van der Waals surface area contributed by atoms with Crippen LogP contribution in [0.4, 0.5) is 5.69 Å². The summed E-state index contributed by atoms with van der Waals surface area (Å²) in [5.74, 6) is 0. The van der Waals surface area contributed by atoms with Gasteiger partial charge in [-0.3, -0.25) is 0 Å². The lowest BCUT2D eigenvalue weighted by Crippen LogP contribution is -2.30. The first kappa shape index (κ1) is 25.1. The zero-order valence-electron chi connectivity index (χ0n) is 16.7. The molecule has 1 heterocycles. The van der Waals surface area contributed by atoms with Crippen molar-refractivity contribution in [1.29, 1.82) is 0 Å². The molecule has 0 spiro atoms. The first-order valence-corrected chi connectivity index (χ1v) is 12.1. The topological polar surface area (TPSA) is 54.7 Å². The molecule has 0 radical (unpaired) electrons. The van der Waals surface area contributed by atoms with E-state index in [4.69, 9.17) is 23.2 Å². The van der Waals surface area contributed by atoms with Gasteiger partial charge in [0, 0.05) is 36.1 Å². The fourth-order valence-corrected chi connectivity index (χ4v) is 5.93. The van der Waals surface area contributed by atoms with Crippen molar-refractivity contribution in [2.75, 3.05) is 13.1 Å². The van der Waals surface area contributed by atoms with Gasteiger partial charge in [0.1, 0.15) is 4.90 Å². The van der Waals surface area contributed by atoms with Crippen molar-refractivity contribution in [2.24, 2.45) is 12.0 Å². The average Bonchev–Trinajstić information content (AvgIpc) is 3.05. The minimum atomic E-state index is -3.66. The van der Waals surface area contributed by atoms with Crippen molar-refractivity contribution < 1.29 is 8.42 Å². The fraction of sp³-hybridized carbons (Fsp3) is 0.250. The third kappa shape index (κ3) is 5.18. The molecule has 2 aromatic carbocycles. The quantitative estimate of drug-likeness (QED) is 0.383. The SMILES string of the molecule is Br.CCN(CC)S(=O)(=O)c1cc(-c2cs/c(=N/c3ccc(Cl)cc3)n2C)ccc1Cl. The van der Waals surface area contributed by atoms with E-state index in [2.05, 4.69) is 4.99 Å². The Labute approximate surface area is 201 Å². The van der Waals surface area contributed by atoms with E-state index in [0.29, 0.717) is 18.1 Å². The highest BCUT2D eigenvalue weighted by Gasteiger charge is 2.25. The molecule has 0 aliphatic carbocycles. The molecule has 0 fully saturated rings. The molecule has 10 heteroatoms. The maximum absolute atomic E-state index is 13.0. The summed E-state index contributed by atoms with van der Waals surface area (Å²) in [7, 11) is -1.76. The Hall–Kier alpha value is -1.16. The summed E-state index contributed by atoms with van der Waals surface area (Å²) in [5.41, 5.74) is 2.41. The fourth-order valence-electron chi connectivity index (χ4n) is 2.92. The van der Waals surface area contributed by atoms with Crippen molar-refractivity contribution in [3.8, 4) is 11.3 Å². The van der Waals surface area contributed by atoms with Gasteiger partial charge in [-0.2, -0.15) is 4.31 Å². The Morgan fingerprint density at radius 2 is 1.70 bits per heavy atom. The lowest BCUT2D eigenvalue weighted by molar-refractivity contribution is 0.445. The van der Waals surface area contributed by atoms with E-state index in [1.165, 1.54) is 15.6 Å². The summed E-state index contributed by atoms with van der Waals surface area (Å²) >= 11 is 13.7. The summed E-state index contributed by atoms with van der Waals surface area (Å²) in [5, 5.41) is 2.82. The van der Waals surface area contributed by atoms with Crippen molar-refractivity contribution in [1.82, 2.24) is 8.87 Å². The highest BCUT2D eigenvalue weighted by Crippen LogP contribution is 2.30. The summed E-state index contributed by atoms with van der Waals surface area (Å²) in [6, 6.07) is 12.3. The smallest absolute Gasteiger partial charge is 0.244 e. The van der Waals surface area contributed by atoms with Gasteiger partial charge in [0.05, 0.1) is 16.4 Å². The van der Waals surface area contributed by atoms with Crippen molar-refractivity contribution in [3.05, 3.63) is 62.7 Å². The zero-order chi connectivity index (χ0) is 21.2. The molecule has 0 N–H and O–H groups in total. The van der Waals surface area contributed by atoms with Crippen molar-refractivity contribution in [2.45, 2.75) is 18.7 Å². The van der Waals surface area contributed by atoms with Gasteiger partial charge in [0.25, 0.3) is 0 Å². The summed E-state index contributed by atoms with van der Waals surface area (Å²) < 4.78 is 29.3. The minimum Gasteiger partial charge on any atom is -0.320 e. The number of nitrogens with zero attached hydrogens (tertiary/aromatic N) is 3. The summed E-state index contributed by atoms with van der Waals surface area (Å²) in [6.45, 7) is 4.38. The number of thiazole rings is 1. The molecule has 1 aromatic heterocycles. The van der Waals surface area contributed by atoms with Crippen LogP contribution in [0.3, 0.4) is 0 Å². The second kappa shape index (κ2) is 10.4. The van der Waals surface area contributed by atoms with Crippen LogP contribution in [0.25, 0.3) is 11.3 Å². The predicted octanol–water partition coefficient (Wildman–Crippen LogP) is 5.90. The Morgan fingerprint density at radius 1 is 1.07 bits per heavy atom. The molecular weight excluding hydrogens is 529 g/mol. The summed E-state index contributed by atoms with van der Waals surface area (Å²) in [4.78, 5) is 5.54. The van der Waals surface area contributed by atoms with Gasteiger partial charge in [-0.1, -0.05) is 43.1 Å². The van der Waals surface area contributed by atoms with Crippen LogP contribution in [0.2, 0.25) is 10.0 Å². The first-order valence-electron chi connectivity index (χ1n) is 9.02.